The predicted molar refractivity (Wildman–Crippen MR) is 73.8 cm³/mol. The lowest BCUT2D eigenvalue weighted by Crippen LogP contribution is -2.40. The van der Waals surface area contributed by atoms with E-state index in [2.05, 4.69) is 22.1 Å². The molecule has 7 nitrogen and oxygen atoms in total. The van der Waals surface area contributed by atoms with E-state index in [9.17, 15) is 14.4 Å². The second kappa shape index (κ2) is 6.15. The number of carbonyl (C=O) groups excluding carboxylic acids is 3. The minimum atomic E-state index is -0.825. The van der Waals surface area contributed by atoms with Crippen LogP contribution in [0.25, 0.3) is 0 Å². The third kappa shape index (κ3) is 3.24. The Balaban J connectivity index is 2.11. The Labute approximate surface area is 121 Å². The molecule has 0 radical (unpaired) electrons. The number of hydrogen-bond acceptors (Lipinski definition) is 5. The van der Waals surface area contributed by atoms with Crippen LogP contribution in [0.5, 0.6) is 0 Å². The van der Waals surface area contributed by atoms with E-state index < -0.39 is 17.9 Å². The van der Waals surface area contributed by atoms with Crippen molar-refractivity contribution in [3.05, 3.63) is 29.6 Å². The van der Waals surface area contributed by atoms with Gasteiger partial charge in [-0.15, -0.1) is 0 Å². The Kier molecular flexibility index (Phi) is 4.30. The third-order valence-corrected chi connectivity index (χ3v) is 3.02. The highest BCUT2D eigenvalue weighted by Gasteiger charge is 2.37. The van der Waals surface area contributed by atoms with Crippen LogP contribution in [-0.2, 0) is 9.59 Å². The molecular formula is C14H14N4O3. The summed E-state index contributed by atoms with van der Waals surface area (Å²) in [5.41, 5.74) is 6.10. The topological polar surface area (TPSA) is 105 Å². The molecule has 1 aliphatic heterocycles. The molecule has 108 valence electrons. The molecule has 0 spiro atoms. The highest BCUT2D eigenvalue weighted by molar-refractivity contribution is 6.08. The smallest absolute Gasteiger partial charge is 0.253 e. The minimum absolute atomic E-state index is 0.0266. The molecule has 2 rings (SSSR count). The van der Waals surface area contributed by atoms with E-state index in [1.54, 1.807) is 6.07 Å². The van der Waals surface area contributed by atoms with Crippen molar-refractivity contribution in [2.24, 2.45) is 5.73 Å². The van der Waals surface area contributed by atoms with Gasteiger partial charge >= 0.3 is 0 Å². The van der Waals surface area contributed by atoms with Crippen molar-refractivity contribution in [3.8, 4) is 11.8 Å². The van der Waals surface area contributed by atoms with Crippen LogP contribution in [0, 0.1) is 11.8 Å². The zero-order chi connectivity index (χ0) is 15.4. The van der Waals surface area contributed by atoms with Gasteiger partial charge in [-0.25, -0.2) is 0 Å². The maximum atomic E-state index is 12.1. The monoisotopic (exact) mass is 286 g/mol. The lowest BCUT2D eigenvalue weighted by Gasteiger charge is -2.11. The Morgan fingerprint density at radius 2 is 2.29 bits per heavy atom. The summed E-state index contributed by atoms with van der Waals surface area (Å²) in [5.74, 6) is 4.23. The summed E-state index contributed by atoms with van der Waals surface area (Å²) in [6, 6.07) is 0.726. The van der Waals surface area contributed by atoms with Crippen molar-refractivity contribution < 1.29 is 14.4 Å². The normalized spacial score (nSPS) is 17.4. The standard InChI is InChI=1S/C14H14N4O3/c1-18-12(19)6-11(14(18)21)17-13(20)10-5-9(3-2-4-15)7-16-8-10/h5,7-8,11H,4,6,15H2,1H3,(H,17,20). The molecule has 1 saturated heterocycles. The molecule has 0 aliphatic carbocycles. The first-order valence-electron chi connectivity index (χ1n) is 6.28. The number of amides is 3. The molecule has 1 aromatic heterocycles. The number of imide groups is 1. The number of hydrogen-bond donors (Lipinski definition) is 2. The van der Waals surface area contributed by atoms with Gasteiger partial charge < -0.3 is 11.1 Å². The number of nitrogens with zero attached hydrogens (tertiary/aromatic N) is 2. The van der Waals surface area contributed by atoms with Crippen molar-refractivity contribution >= 4 is 17.7 Å². The van der Waals surface area contributed by atoms with Crippen LogP contribution < -0.4 is 11.1 Å². The summed E-state index contributed by atoms with van der Waals surface area (Å²) in [4.78, 5) is 40.1. The second-order valence-corrected chi connectivity index (χ2v) is 4.49. The molecule has 1 atom stereocenters. The van der Waals surface area contributed by atoms with Gasteiger partial charge in [0.1, 0.15) is 6.04 Å². The van der Waals surface area contributed by atoms with E-state index in [0.717, 1.165) is 4.90 Å². The average Bonchev–Trinajstić information content (AvgIpc) is 2.72. The van der Waals surface area contributed by atoms with Gasteiger partial charge in [-0.1, -0.05) is 11.8 Å². The van der Waals surface area contributed by atoms with Crippen LogP contribution in [0.4, 0.5) is 0 Å². The fourth-order valence-corrected chi connectivity index (χ4v) is 1.90. The Morgan fingerprint density at radius 3 is 2.90 bits per heavy atom. The number of likely N-dealkylation sites (N-methyl/N-ethyl adjacent to an activating group) is 1. The van der Waals surface area contributed by atoms with Gasteiger partial charge in [-0.3, -0.25) is 24.3 Å². The fourth-order valence-electron chi connectivity index (χ4n) is 1.90. The molecule has 2 heterocycles. The first-order valence-corrected chi connectivity index (χ1v) is 6.28. The summed E-state index contributed by atoms with van der Waals surface area (Å²) in [6.45, 7) is 0.210. The number of nitrogens with one attached hydrogen (secondary N) is 1. The SMILES string of the molecule is CN1C(=O)CC(NC(=O)c2cncc(C#CCN)c2)C1=O. The molecule has 3 N–H and O–H groups in total. The van der Waals surface area contributed by atoms with Gasteiger partial charge in [0.05, 0.1) is 18.5 Å². The molecule has 7 heteroatoms. The zero-order valence-corrected chi connectivity index (χ0v) is 11.4. The molecule has 0 bridgehead atoms. The van der Waals surface area contributed by atoms with Crippen LogP contribution in [0.15, 0.2) is 18.5 Å². The summed E-state index contributed by atoms with van der Waals surface area (Å²) < 4.78 is 0. The lowest BCUT2D eigenvalue weighted by molar-refractivity contribution is -0.137. The van der Waals surface area contributed by atoms with Gasteiger partial charge in [0.25, 0.3) is 11.8 Å². The van der Waals surface area contributed by atoms with Crippen LogP contribution in [-0.4, -0.2) is 47.2 Å². The van der Waals surface area contributed by atoms with Gasteiger partial charge in [-0.05, 0) is 6.07 Å². The van der Waals surface area contributed by atoms with Crippen molar-refractivity contribution in [3.63, 3.8) is 0 Å². The van der Waals surface area contributed by atoms with Crippen molar-refractivity contribution in [1.29, 1.82) is 0 Å². The molecule has 0 aromatic carbocycles. The van der Waals surface area contributed by atoms with E-state index in [1.165, 1.54) is 19.4 Å². The molecule has 1 aromatic rings. The highest BCUT2D eigenvalue weighted by Crippen LogP contribution is 2.11. The average molecular weight is 286 g/mol. The predicted octanol–water partition coefficient (Wildman–Crippen LogP) is -1.12. The molecule has 3 amide bonds. The minimum Gasteiger partial charge on any atom is -0.340 e. The number of pyridine rings is 1. The first kappa shape index (κ1) is 14.7. The van der Waals surface area contributed by atoms with Crippen molar-refractivity contribution in [2.75, 3.05) is 13.6 Å². The Bertz CT molecular complexity index is 660. The maximum Gasteiger partial charge on any atom is 0.253 e. The number of rotatable bonds is 2. The molecule has 0 saturated carbocycles. The molecule has 21 heavy (non-hydrogen) atoms. The van der Waals surface area contributed by atoms with Crippen LogP contribution >= 0.6 is 0 Å². The Morgan fingerprint density at radius 1 is 1.52 bits per heavy atom. The fraction of sp³-hybridized carbons (Fsp3) is 0.286. The van der Waals surface area contributed by atoms with Crippen LogP contribution in [0.2, 0.25) is 0 Å². The zero-order valence-electron chi connectivity index (χ0n) is 11.4. The van der Waals surface area contributed by atoms with Gasteiger partial charge in [0.15, 0.2) is 0 Å². The first-order chi connectivity index (χ1) is 10.0. The summed E-state index contributed by atoms with van der Waals surface area (Å²) in [7, 11) is 1.39. The van der Waals surface area contributed by atoms with Gasteiger partial charge in [0, 0.05) is 25.0 Å². The summed E-state index contributed by atoms with van der Waals surface area (Å²) in [5, 5.41) is 2.53. The van der Waals surface area contributed by atoms with Gasteiger partial charge in [-0.2, -0.15) is 0 Å². The highest BCUT2D eigenvalue weighted by atomic mass is 16.2. The second-order valence-electron chi connectivity index (χ2n) is 4.49. The van der Waals surface area contributed by atoms with E-state index >= 15 is 0 Å². The molecule has 1 fully saturated rings. The third-order valence-electron chi connectivity index (χ3n) is 3.02. The number of aromatic nitrogens is 1. The van der Waals surface area contributed by atoms with Crippen LogP contribution in [0.3, 0.4) is 0 Å². The summed E-state index contributed by atoms with van der Waals surface area (Å²) in [6.07, 6.45) is 2.85. The van der Waals surface area contributed by atoms with E-state index in [4.69, 9.17) is 5.73 Å². The summed E-state index contributed by atoms with van der Waals surface area (Å²) >= 11 is 0. The number of carbonyl (C=O) groups is 3. The quantitative estimate of drug-likeness (QED) is 0.529. The maximum absolute atomic E-state index is 12.1. The molecular weight excluding hydrogens is 272 g/mol. The molecule has 1 aliphatic rings. The lowest BCUT2D eigenvalue weighted by atomic mass is 10.1. The molecule has 1 unspecified atom stereocenters. The van der Waals surface area contributed by atoms with Gasteiger partial charge in [0.2, 0.25) is 5.91 Å². The van der Waals surface area contributed by atoms with Crippen molar-refractivity contribution in [1.82, 2.24) is 15.2 Å². The number of likely N-dealkylation sites (tertiary alicyclic amines) is 1. The Hall–Kier alpha value is -2.72. The van der Waals surface area contributed by atoms with Crippen molar-refractivity contribution in [2.45, 2.75) is 12.5 Å². The van der Waals surface area contributed by atoms with E-state index in [-0.39, 0.29) is 24.4 Å². The largest absolute Gasteiger partial charge is 0.340 e. The number of nitrogens with two attached hydrogens (primary N) is 1. The van der Waals surface area contributed by atoms with Crippen LogP contribution in [0.1, 0.15) is 22.3 Å². The van der Waals surface area contributed by atoms with E-state index in [0.29, 0.717) is 5.56 Å². The van der Waals surface area contributed by atoms with E-state index in [1.807, 2.05) is 0 Å².